The fraction of sp³-hybridized carbons (Fsp3) is 0.200. The number of aliphatic hydroxyl groups excluding tert-OH is 1. The summed E-state index contributed by atoms with van der Waals surface area (Å²) in [4.78, 5) is 1.11. The first-order valence-corrected chi connectivity index (χ1v) is 5.21. The van der Waals surface area contributed by atoms with Gasteiger partial charge < -0.3 is 5.11 Å². The van der Waals surface area contributed by atoms with Crippen LogP contribution < -0.4 is 0 Å². The minimum Gasteiger partial charge on any atom is -0.389 e. The molecule has 1 atom stereocenters. The van der Waals surface area contributed by atoms with Crippen molar-refractivity contribution in [3.8, 4) is 0 Å². The van der Waals surface area contributed by atoms with E-state index in [1.165, 1.54) is 0 Å². The van der Waals surface area contributed by atoms with Crippen LogP contribution in [0.15, 0.2) is 40.6 Å². The topological polar surface area (TPSA) is 20.2 Å². The summed E-state index contributed by atoms with van der Waals surface area (Å²) >= 11 is 7.29. The van der Waals surface area contributed by atoms with Crippen molar-refractivity contribution in [1.29, 1.82) is 0 Å². The molecule has 1 N–H and O–H groups in total. The third-order valence-electron chi connectivity index (χ3n) is 1.37. The molecule has 3 heteroatoms. The first-order valence-electron chi connectivity index (χ1n) is 3.95. The number of hydrogen-bond donors (Lipinski definition) is 1. The van der Waals surface area contributed by atoms with Crippen LogP contribution in [0.25, 0.3) is 0 Å². The second-order valence-corrected chi connectivity index (χ2v) is 4.06. The van der Waals surface area contributed by atoms with Crippen LogP contribution in [0, 0.1) is 0 Å². The van der Waals surface area contributed by atoms with Crippen LogP contribution in [0.5, 0.6) is 0 Å². The molecule has 1 unspecified atom stereocenters. The normalized spacial score (nSPS) is 13.5. The first kappa shape index (κ1) is 10.6. The zero-order chi connectivity index (χ0) is 9.68. The van der Waals surface area contributed by atoms with Gasteiger partial charge >= 0.3 is 0 Å². The maximum absolute atomic E-state index is 8.95. The molecule has 0 heterocycles. The lowest BCUT2D eigenvalue weighted by molar-refractivity contribution is 0.244. The van der Waals surface area contributed by atoms with Crippen LogP contribution in [0.3, 0.4) is 0 Å². The van der Waals surface area contributed by atoms with Crippen molar-refractivity contribution >= 4 is 23.4 Å². The SMILES string of the molecule is CC(O)C=CSc1ccc(Cl)cc1. The highest BCUT2D eigenvalue weighted by molar-refractivity contribution is 8.02. The molecular formula is C10H11ClOS. The summed E-state index contributed by atoms with van der Waals surface area (Å²) in [5, 5.41) is 11.6. The largest absolute Gasteiger partial charge is 0.389 e. The van der Waals surface area contributed by atoms with E-state index in [4.69, 9.17) is 16.7 Å². The summed E-state index contributed by atoms with van der Waals surface area (Å²) < 4.78 is 0. The number of hydrogen-bond acceptors (Lipinski definition) is 2. The Balaban J connectivity index is 2.50. The van der Waals surface area contributed by atoms with E-state index in [-0.39, 0.29) is 6.10 Å². The molecule has 0 aliphatic rings. The second-order valence-electron chi connectivity index (χ2n) is 2.64. The van der Waals surface area contributed by atoms with Gasteiger partial charge in [0, 0.05) is 9.92 Å². The molecule has 1 nitrogen and oxygen atoms in total. The third-order valence-corrected chi connectivity index (χ3v) is 2.46. The molecule has 13 heavy (non-hydrogen) atoms. The molecule has 0 bridgehead atoms. The molecule has 0 fully saturated rings. The van der Waals surface area contributed by atoms with Crippen LogP contribution in [0.1, 0.15) is 6.92 Å². The van der Waals surface area contributed by atoms with Gasteiger partial charge in [0.2, 0.25) is 0 Å². The van der Waals surface area contributed by atoms with Crippen molar-refractivity contribution in [1.82, 2.24) is 0 Å². The molecule has 70 valence electrons. The van der Waals surface area contributed by atoms with Gasteiger partial charge in [-0.3, -0.25) is 0 Å². The molecular weight excluding hydrogens is 204 g/mol. The van der Waals surface area contributed by atoms with Crippen molar-refractivity contribution in [2.24, 2.45) is 0 Å². The van der Waals surface area contributed by atoms with E-state index in [0.717, 1.165) is 9.92 Å². The zero-order valence-electron chi connectivity index (χ0n) is 7.27. The molecule has 0 saturated carbocycles. The van der Waals surface area contributed by atoms with Crippen LogP contribution in [-0.2, 0) is 0 Å². The zero-order valence-corrected chi connectivity index (χ0v) is 8.85. The van der Waals surface area contributed by atoms with E-state index < -0.39 is 0 Å². The van der Waals surface area contributed by atoms with Crippen molar-refractivity contribution in [3.05, 3.63) is 40.8 Å². The summed E-state index contributed by atoms with van der Waals surface area (Å²) in [6.07, 6.45) is 1.35. The summed E-state index contributed by atoms with van der Waals surface area (Å²) in [7, 11) is 0. The highest BCUT2D eigenvalue weighted by atomic mass is 35.5. The summed E-state index contributed by atoms with van der Waals surface area (Å²) in [5.74, 6) is 0. The van der Waals surface area contributed by atoms with Gasteiger partial charge in [-0.2, -0.15) is 0 Å². The Morgan fingerprint density at radius 1 is 1.38 bits per heavy atom. The molecule has 0 radical (unpaired) electrons. The number of thioether (sulfide) groups is 1. The Kier molecular flexibility index (Phi) is 4.36. The highest BCUT2D eigenvalue weighted by Crippen LogP contribution is 2.21. The van der Waals surface area contributed by atoms with E-state index in [2.05, 4.69) is 0 Å². The van der Waals surface area contributed by atoms with Crippen molar-refractivity contribution < 1.29 is 5.11 Å². The van der Waals surface area contributed by atoms with Gasteiger partial charge in [0.05, 0.1) is 6.10 Å². The van der Waals surface area contributed by atoms with Crippen LogP contribution in [0.2, 0.25) is 5.02 Å². The highest BCUT2D eigenvalue weighted by Gasteiger charge is 1.91. The van der Waals surface area contributed by atoms with Gasteiger partial charge in [-0.05, 0) is 42.7 Å². The van der Waals surface area contributed by atoms with Crippen LogP contribution >= 0.6 is 23.4 Å². The summed E-state index contributed by atoms with van der Waals surface area (Å²) in [6, 6.07) is 7.58. The Morgan fingerprint density at radius 3 is 2.54 bits per heavy atom. The fourth-order valence-electron chi connectivity index (χ4n) is 0.745. The van der Waals surface area contributed by atoms with Crippen molar-refractivity contribution in [2.45, 2.75) is 17.9 Å². The molecule has 0 saturated heterocycles. The lowest BCUT2D eigenvalue weighted by Crippen LogP contribution is -1.90. The maximum Gasteiger partial charge on any atom is 0.0700 e. The predicted molar refractivity (Wildman–Crippen MR) is 58.1 cm³/mol. The van der Waals surface area contributed by atoms with Gasteiger partial charge in [0.25, 0.3) is 0 Å². The number of benzene rings is 1. The molecule has 1 rings (SSSR count). The molecule has 0 amide bonds. The summed E-state index contributed by atoms with van der Waals surface area (Å²) in [5.41, 5.74) is 0. The second kappa shape index (κ2) is 5.32. The number of rotatable bonds is 3. The maximum atomic E-state index is 8.95. The molecule has 1 aromatic carbocycles. The van der Waals surface area contributed by atoms with Gasteiger partial charge in [0.1, 0.15) is 0 Å². The molecule has 1 aromatic rings. The van der Waals surface area contributed by atoms with Gasteiger partial charge in [-0.25, -0.2) is 0 Å². The molecule has 0 aliphatic heterocycles. The van der Waals surface area contributed by atoms with Crippen LogP contribution in [-0.4, -0.2) is 11.2 Å². The lowest BCUT2D eigenvalue weighted by atomic mass is 10.4. The van der Waals surface area contributed by atoms with Gasteiger partial charge in [-0.15, -0.1) is 0 Å². The number of halogens is 1. The Bertz CT molecular complexity index is 279. The standard InChI is InChI=1S/C10H11ClOS/c1-8(12)6-7-13-10-4-2-9(11)3-5-10/h2-8,12H,1H3. The van der Waals surface area contributed by atoms with E-state index in [1.54, 1.807) is 24.8 Å². The third kappa shape index (κ3) is 4.36. The average Bonchev–Trinajstić information content (AvgIpc) is 2.08. The van der Waals surface area contributed by atoms with Gasteiger partial charge in [0.15, 0.2) is 0 Å². The van der Waals surface area contributed by atoms with Gasteiger partial charge in [-0.1, -0.05) is 23.4 Å². The van der Waals surface area contributed by atoms with E-state index in [0.29, 0.717) is 0 Å². The monoisotopic (exact) mass is 214 g/mol. The van der Waals surface area contributed by atoms with Crippen molar-refractivity contribution in [3.63, 3.8) is 0 Å². The van der Waals surface area contributed by atoms with Crippen molar-refractivity contribution in [2.75, 3.05) is 0 Å². The smallest absolute Gasteiger partial charge is 0.0700 e. The Labute approximate surface area is 87.4 Å². The molecule has 0 spiro atoms. The van der Waals surface area contributed by atoms with Crippen LogP contribution in [0.4, 0.5) is 0 Å². The minimum absolute atomic E-state index is 0.389. The van der Waals surface area contributed by atoms with E-state index >= 15 is 0 Å². The predicted octanol–water partition coefficient (Wildman–Crippen LogP) is 3.33. The molecule has 0 aromatic heterocycles. The first-order chi connectivity index (χ1) is 6.18. The fourth-order valence-corrected chi connectivity index (χ4v) is 1.63. The lowest BCUT2D eigenvalue weighted by Gasteiger charge is -1.96. The summed E-state index contributed by atoms with van der Waals surface area (Å²) in [6.45, 7) is 1.72. The average molecular weight is 215 g/mol. The Hall–Kier alpha value is -0.440. The van der Waals surface area contributed by atoms with E-state index in [1.807, 2.05) is 29.7 Å². The van der Waals surface area contributed by atoms with E-state index in [9.17, 15) is 0 Å². The number of aliphatic hydroxyl groups is 1. The quantitative estimate of drug-likeness (QED) is 0.779. The minimum atomic E-state index is -0.389. The Morgan fingerprint density at radius 2 is 2.00 bits per heavy atom. The molecule has 0 aliphatic carbocycles.